The van der Waals surface area contributed by atoms with Gasteiger partial charge in [0.1, 0.15) is 6.33 Å². The minimum absolute atomic E-state index is 0.0269. The monoisotopic (exact) mass is 234 g/mol. The number of piperidine rings is 1. The van der Waals surface area contributed by atoms with Crippen molar-refractivity contribution in [1.82, 2.24) is 20.1 Å². The molecule has 5 nitrogen and oxygen atoms in total. The molecule has 2 atom stereocenters. The van der Waals surface area contributed by atoms with Crippen molar-refractivity contribution < 1.29 is 4.79 Å². The van der Waals surface area contributed by atoms with Gasteiger partial charge < -0.3 is 4.90 Å². The van der Waals surface area contributed by atoms with E-state index in [1.165, 1.54) is 32.0 Å². The number of H-pyrrole nitrogens is 1. The Morgan fingerprint density at radius 2 is 2.12 bits per heavy atom. The lowest BCUT2D eigenvalue weighted by molar-refractivity contribution is 0.0380. The van der Waals surface area contributed by atoms with Gasteiger partial charge in [0.15, 0.2) is 0 Å². The van der Waals surface area contributed by atoms with Gasteiger partial charge in [0.05, 0.1) is 0 Å². The standard InChI is InChI=1S/C12H18N4O/c17-12(11-13-8-14-15-11)16-7-3-5-9-4-1-2-6-10(9)16/h8-10H,1-7H2,(H,13,14,15)/t9-,10-/m1/s1. The maximum Gasteiger partial charge on any atom is 0.291 e. The second kappa shape index (κ2) is 4.47. The van der Waals surface area contributed by atoms with Crippen LogP contribution in [0.1, 0.15) is 49.1 Å². The van der Waals surface area contributed by atoms with Crippen LogP contribution in [-0.2, 0) is 0 Å². The van der Waals surface area contributed by atoms with Gasteiger partial charge in [-0.2, -0.15) is 5.10 Å². The average molecular weight is 234 g/mol. The van der Waals surface area contributed by atoms with Gasteiger partial charge in [0.25, 0.3) is 5.91 Å². The van der Waals surface area contributed by atoms with Crippen molar-refractivity contribution in [1.29, 1.82) is 0 Å². The number of hydrogen-bond acceptors (Lipinski definition) is 3. The maximum absolute atomic E-state index is 12.3. The van der Waals surface area contributed by atoms with Gasteiger partial charge in [-0.15, -0.1) is 0 Å². The van der Waals surface area contributed by atoms with Crippen molar-refractivity contribution >= 4 is 5.91 Å². The van der Waals surface area contributed by atoms with Crippen LogP contribution in [0.25, 0.3) is 0 Å². The van der Waals surface area contributed by atoms with E-state index >= 15 is 0 Å². The van der Waals surface area contributed by atoms with Gasteiger partial charge in [-0.1, -0.05) is 12.8 Å². The number of rotatable bonds is 1. The number of nitrogens with zero attached hydrogens (tertiary/aromatic N) is 3. The highest BCUT2D eigenvalue weighted by atomic mass is 16.2. The Kier molecular flexibility index (Phi) is 2.82. The molecule has 0 bridgehead atoms. The van der Waals surface area contributed by atoms with Gasteiger partial charge in [0.2, 0.25) is 5.82 Å². The summed E-state index contributed by atoms with van der Waals surface area (Å²) < 4.78 is 0. The Hall–Kier alpha value is -1.39. The molecule has 1 amide bonds. The number of carbonyl (C=O) groups excluding carboxylic acids is 1. The van der Waals surface area contributed by atoms with Crippen LogP contribution >= 0.6 is 0 Å². The Labute approximate surface area is 101 Å². The lowest BCUT2D eigenvalue weighted by Crippen LogP contribution is -2.49. The zero-order valence-corrected chi connectivity index (χ0v) is 9.93. The van der Waals surface area contributed by atoms with Gasteiger partial charge in [0, 0.05) is 12.6 Å². The SMILES string of the molecule is O=C(c1ncn[nH]1)N1CCC[C@H]2CCCC[C@H]21. The third kappa shape index (κ3) is 1.94. The smallest absolute Gasteiger partial charge is 0.291 e. The highest BCUT2D eigenvalue weighted by Crippen LogP contribution is 2.35. The number of aromatic nitrogens is 3. The first-order chi connectivity index (χ1) is 8.36. The molecular weight excluding hydrogens is 216 g/mol. The molecule has 17 heavy (non-hydrogen) atoms. The predicted molar refractivity (Wildman–Crippen MR) is 62.4 cm³/mol. The summed E-state index contributed by atoms with van der Waals surface area (Å²) in [5.41, 5.74) is 0. The third-order valence-corrected chi connectivity index (χ3v) is 4.12. The molecule has 2 heterocycles. The molecule has 1 aromatic rings. The van der Waals surface area contributed by atoms with E-state index in [1.54, 1.807) is 0 Å². The van der Waals surface area contributed by atoms with E-state index in [-0.39, 0.29) is 5.91 Å². The van der Waals surface area contributed by atoms with Crippen LogP contribution in [0, 0.1) is 5.92 Å². The lowest BCUT2D eigenvalue weighted by atomic mass is 9.78. The van der Waals surface area contributed by atoms with Gasteiger partial charge in [-0.3, -0.25) is 9.89 Å². The Bertz CT molecular complexity index is 387. The number of fused-ring (bicyclic) bond motifs is 1. The molecule has 2 aliphatic rings. The third-order valence-electron chi connectivity index (χ3n) is 4.12. The van der Waals surface area contributed by atoms with E-state index in [0.717, 1.165) is 19.4 Å². The fourth-order valence-corrected chi connectivity index (χ4v) is 3.32. The van der Waals surface area contributed by atoms with E-state index in [4.69, 9.17) is 0 Å². The van der Waals surface area contributed by atoms with Gasteiger partial charge >= 0.3 is 0 Å². The summed E-state index contributed by atoms with van der Waals surface area (Å²) in [5.74, 6) is 1.12. The molecule has 5 heteroatoms. The second-order valence-corrected chi connectivity index (χ2v) is 5.09. The maximum atomic E-state index is 12.3. The first-order valence-electron chi connectivity index (χ1n) is 6.52. The summed E-state index contributed by atoms with van der Waals surface area (Å²) in [7, 11) is 0. The van der Waals surface area contributed by atoms with E-state index in [1.807, 2.05) is 4.90 Å². The van der Waals surface area contributed by atoms with E-state index in [9.17, 15) is 4.79 Å². The molecule has 1 aliphatic heterocycles. The van der Waals surface area contributed by atoms with Crippen LogP contribution in [0.15, 0.2) is 6.33 Å². The van der Waals surface area contributed by atoms with Gasteiger partial charge in [-0.25, -0.2) is 4.98 Å². The summed E-state index contributed by atoms with van der Waals surface area (Å²) in [5, 5.41) is 6.44. The highest BCUT2D eigenvalue weighted by molar-refractivity contribution is 5.90. The van der Waals surface area contributed by atoms with E-state index < -0.39 is 0 Å². The van der Waals surface area contributed by atoms with Crippen molar-refractivity contribution in [3.8, 4) is 0 Å². The molecule has 1 saturated heterocycles. The van der Waals surface area contributed by atoms with E-state index in [0.29, 0.717) is 17.8 Å². The van der Waals surface area contributed by atoms with Crippen molar-refractivity contribution in [2.75, 3.05) is 6.54 Å². The second-order valence-electron chi connectivity index (χ2n) is 5.09. The Balaban J connectivity index is 1.79. The molecule has 0 spiro atoms. The molecule has 3 rings (SSSR count). The summed E-state index contributed by atoms with van der Waals surface area (Å²) in [6, 6.07) is 0.440. The van der Waals surface area contributed by atoms with Crippen LogP contribution < -0.4 is 0 Å². The van der Waals surface area contributed by atoms with Crippen molar-refractivity contribution in [2.45, 2.75) is 44.6 Å². The predicted octanol–water partition coefficient (Wildman–Crippen LogP) is 1.60. The average Bonchev–Trinajstić information content (AvgIpc) is 2.91. The van der Waals surface area contributed by atoms with Crippen LogP contribution in [0.5, 0.6) is 0 Å². The minimum atomic E-state index is 0.0269. The number of hydrogen-bond donors (Lipinski definition) is 1. The zero-order valence-electron chi connectivity index (χ0n) is 9.93. The molecule has 1 aliphatic carbocycles. The molecule has 1 saturated carbocycles. The minimum Gasteiger partial charge on any atom is -0.333 e. The quantitative estimate of drug-likeness (QED) is 0.802. The van der Waals surface area contributed by atoms with Crippen LogP contribution in [0.4, 0.5) is 0 Å². The molecule has 2 fully saturated rings. The fourth-order valence-electron chi connectivity index (χ4n) is 3.32. The summed E-state index contributed by atoms with van der Waals surface area (Å²) in [6.07, 6.45) is 8.82. The van der Waals surface area contributed by atoms with Gasteiger partial charge in [-0.05, 0) is 31.6 Å². The van der Waals surface area contributed by atoms with E-state index in [2.05, 4.69) is 15.2 Å². The van der Waals surface area contributed by atoms with Crippen LogP contribution in [-0.4, -0.2) is 38.6 Å². The zero-order chi connectivity index (χ0) is 11.7. The van der Waals surface area contributed by atoms with Crippen molar-refractivity contribution in [3.05, 3.63) is 12.2 Å². The Morgan fingerprint density at radius 3 is 2.94 bits per heavy atom. The lowest BCUT2D eigenvalue weighted by Gasteiger charge is -2.43. The molecule has 0 radical (unpaired) electrons. The first-order valence-corrected chi connectivity index (χ1v) is 6.52. The van der Waals surface area contributed by atoms with Crippen molar-refractivity contribution in [3.63, 3.8) is 0 Å². The Morgan fingerprint density at radius 1 is 1.29 bits per heavy atom. The molecule has 92 valence electrons. The molecule has 0 unspecified atom stereocenters. The van der Waals surface area contributed by atoms with Crippen LogP contribution in [0.3, 0.4) is 0 Å². The normalized spacial score (nSPS) is 28.8. The number of aromatic amines is 1. The highest BCUT2D eigenvalue weighted by Gasteiger charge is 2.36. The van der Waals surface area contributed by atoms with Crippen molar-refractivity contribution in [2.24, 2.45) is 5.92 Å². The number of likely N-dealkylation sites (tertiary alicyclic amines) is 1. The van der Waals surface area contributed by atoms with Crippen LogP contribution in [0.2, 0.25) is 0 Å². The molecule has 1 aromatic heterocycles. The number of carbonyl (C=O) groups is 1. The summed E-state index contributed by atoms with van der Waals surface area (Å²) in [4.78, 5) is 18.3. The summed E-state index contributed by atoms with van der Waals surface area (Å²) >= 11 is 0. The fraction of sp³-hybridized carbons (Fsp3) is 0.750. The molecular formula is C12H18N4O. The largest absolute Gasteiger partial charge is 0.333 e. The summed E-state index contributed by atoms with van der Waals surface area (Å²) in [6.45, 7) is 0.876. The number of amides is 1. The topological polar surface area (TPSA) is 61.9 Å². The molecule has 1 N–H and O–H groups in total. The molecule has 0 aromatic carbocycles. The number of nitrogens with one attached hydrogen (secondary N) is 1. The first kappa shape index (κ1) is 10.7.